The van der Waals surface area contributed by atoms with Gasteiger partial charge in [-0.3, -0.25) is 14.4 Å². The van der Waals surface area contributed by atoms with Crippen molar-refractivity contribution in [2.45, 2.75) is 44.3 Å². The first-order valence-electron chi connectivity index (χ1n) is 13.4. The van der Waals surface area contributed by atoms with Gasteiger partial charge in [-0.2, -0.15) is 13.2 Å². The van der Waals surface area contributed by atoms with Crippen LogP contribution in [0.15, 0.2) is 54.6 Å². The first-order valence-corrected chi connectivity index (χ1v) is 13.4. The van der Waals surface area contributed by atoms with Gasteiger partial charge in [-0.15, -0.1) is 0 Å². The molecule has 3 fully saturated rings. The molecule has 7 nitrogen and oxygen atoms in total. The largest absolute Gasteiger partial charge is 0.416 e. The highest BCUT2D eigenvalue weighted by Gasteiger charge is 2.54. The fourth-order valence-corrected chi connectivity index (χ4v) is 5.93. The van der Waals surface area contributed by atoms with E-state index in [9.17, 15) is 27.6 Å². The quantitative estimate of drug-likeness (QED) is 0.580. The Morgan fingerprint density at radius 3 is 2.23 bits per heavy atom. The summed E-state index contributed by atoms with van der Waals surface area (Å²) in [6, 6.07) is 14.0. The lowest BCUT2D eigenvalue weighted by Gasteiger charge is -2.43. The summed E-state index contributed by atoms with van der Waals surface area (Å²) in [4.78, 5) is 47.1. The first-order chi connectivity index (χ1) is 18.6. The monoisotopic (exact) mass is 542 g/mol. The van der Waals surface area contributed by atoms with Crippen LogP contribution in [0.4, 0.5) is 18.9 Å². The summed E-state index contributed by atoms with van der Waals surface area (Å²) < 4.78 is 39.6. The topological polar surface area (TPSA) is 64.2 Å². The van der Waals surface area contributed by atoms with Gasteiger partial charge in [0, 0.05) is 37.4 Å². The van der Waals surface area contributed by atoms with E-state index in [1.54, 1.807) is 4.90 Å². The van der Waals surface area contributed by atoms with Gasteiger partial charge in [0.25, 0.3) is 11.8 Å². The van der Waals surface area contributed by atoms with Crippen molar-refractivity contribution in [3.8, 4) is 0 Å². The zero-order chi connectivity index (χ0) is 27.8. The van der Waals surface area contributed by atoms with Gasteiger partial charge in [0.15, 0.2) is 0 Å². The minimum Gasteiger partial charge on any atom is -0.341 e. The van der Waals surface area contributed by atoms with Crippen LogP contribution < -0.4 is 4.90 Å². The van der Waals surface area contributed by atoms with Crippen molar-refractivity contribution in [2.75, 3.05) is 44.3 Å². The van der Waals surface area contributed by atoms with Gasteiger partial charge in [-0.05, 0) is 61.9 Å². The molecule has 3 aliphatic rings. The molecule has 3 heterocycles. The first kappa shape index (κ1) is 27.0. The number of carbonyl (C=O) groups is 3. The molecule has 3 amide bonds. The lowest BCUT2D eigenvalue weighted by atomic mass is 9.85. The van der Waals surface area contributed by atoms with Gasteiger partial charge in [-0.25, -0.2) is 0 Å². The molecular formula is C29H33F3N4O3. The van der Waals surface area contributed by atoms with Crippen LogP contribution in [0.1, 0.15) is 48.5 Å². The maximum atomic E-state index is 13.9. The Hall–Kier alpha value is -3.56. The number of carbonyl (C=O) groups excluding carboxylic acids is 3. The molecule has 0 saturated carbocycles. The van der Waals surface area contributed by atoms with Crippen LogP contribution in [0, 0.1) is 5.92 Å². The van der Waals surface area contributed by atoms with Gasteiger partial charge in [-0.1, -0.05) is 31.2 Å². The summed E-state index contributed by atoms with van der Waals surface area (Å²) in [5.74, 6) is -0.101. The Morgan fingerprint density at radius 1 is 0.923 bits per heavy atom. The number of halogens is 3. The minimum absolute atomic E-state index is 0.00514. The average Bonchev–Trinajstić information content (AvgIpc) is 3.19. The summed E-state index contributed by atoms with van der Waals surface area (Å²) in [7, 11) is 0. The van der Waals surface area contributed by atoms with Crippen molar-refractivity contribution in [1.29, 1.82) is 0 Å². The number of anilines is 1. The number of hydrogen-bond donors (Lipinski definition) is 0. The highest BCUT2D eigenvalue weighted by atomic mass is 19.4. The van der Waals surface area contributed by atoms with Crippen LogP contribution in [0.5, 0.6) is 0 Å². The molecule has 208 valence electrons. The number of alkyl halides is 3. The van der Waals surface area contributed by atoms with Gasteiger partial charge >= 0.3 is 6.18 Å². The second-order valence-corrected chi connectivity index (χ2v) is 10.9. The summed E-state index contributed by atoms with van der Waals surface area (Å²) in [5, 5.41) is 0. The highest BCUT2D eigenvalue weighted by molar-refractivity contribution is 5.97. The van der Waals surface area contributed by atoms with E-state index in [0.717, 1.165) is 30.7 Å². The van der Waals surface area contributed by atoms with Crippen molar-refractivity contribution in [2.24, 2.45) is 5.92 Å². The molecule has 2 aromatic carbocycles. The fraction of sp³-hybridized carbons (Fsp3) is 0.483. The number of hydrogen-bond acceptors (Lipinski definition) is 4. The van der Waals surface area contributed by atoms with Crippen LogP contribution in [-0.4, -0.2) is 77.4 Å². The molecule has 10 heteroatoms. The second-order valence-electron chi connectivity index (χ2n) is 10.9. The Morgan fingerprint density at radius 2 is 1.59 bits per heavy atom. The summed E-state index contributed by atoms with van der Waals surface area (Å²) in [6.45, 7) is 4.28. The van der Waals surface area contributed by atoms with Crippen molar-refractivity contribution >= 4 is 23.4 Å². The number of amides is 3. The molecule has 3 saturated heterocycles. The number of piperidine rings is 2. The van der Waals surface area contributed by atoms with Crippen LogP contribution >= 0.6 is 0 Å². The highest BCUT2D eigenvalue weighted by Crippen LogP contribution is 2.40. The Labute approximate surface area is 226 Å². The molecule has 0 bridgehead atoms. The van der Waals surface area contributed by atoms with Crippen molar-refractivity contribution in [3.05, 3.63) is 65.7 Å². The zero-order valence-corrected chi connectivity index (χ0v) is 22.0. The third kappa shape index (κ3) is 5.33. The predicted octanol–water partition coefficient (Wildman–Crippen LogP) is 4.25. The molecule has 0 aliphatic carbocycles. The van der Waals surface area contributed by atoms with E-state index in [1.165, 1.54) is 17.0 Å². The van der Waals surface area contributed by atoms with Crippen molar-refractivity contribution in [1.82, 2.24) is 14.7 Å². The summed E-state index contributed by atoms with van der Waals surface area (Å²) >= 11 is 0. The molecule has 2 aromatic rings. The molecule has 0 N–H and O–H groups in total. The molecular weight excluding hydrogens is 509 g/mol. The standard InChI is InChI=1S/C29H33F3N4O3/c1-21-10-14-33(15-11-21)25(37)19-35-20-36(24-8-3-2-4-9-24)28(27(35)39)12-16-34(17-13-28)26(38)22-6-5-7-23(18-22)29(30,31)32/h2-9,18,21H,10-17,19-20H2,1H3. The van der Waals surface area contributed by atoms with Gasteiger partial charge in [0.05, 0.1) is 12.2 Å². The van der Waals surface area contributed by atoms with E-state index in [1.807, 2.05) is 40.1 Å². The number of likely N-dealkylation sites (tertiary alicyclic amines) is 2. The van der Waals surface area contributed by atoms with E-state index in [-0.39, 0.29) is 43.7 Å². The Bertz CT molecular complexity index is 1220. The Balaban J connectivity index is 1.33. The molecule has 0 atom stereocenters. The fourth-order valence-electron chi connectivity index (χ4n) is 5.93. The normalized spacial score (nSPS) is 20.2. The number of benzene rings is 2. The van der Waals surface area contributed by atoms with Gasteiger partial charge < -0.3 is 19.6 Å². The second kappa shape index (κ2) is 10.5. The molecule has 0 unspecified atom stereocenters. The molecule has 1 spiro atoms. The molecule has 0 aromatic heterocycles. The maximum Gasteiger partial charge on any atom is 0.416 e. The molecule has 0 radical (unpaired) electrons. The van der Waals surface area contributed by atoms with Crippen molar-refractivity contribution < 1.29 is 27.6 Å². The van der Waals surface area contributed by atoms with Crippen LogP contribution in [-0.2, 0) is 15.8 Å². The van der Waals surface area contributed by atoms with E-state index in [2.05, 4.69) is 6.92 Å². The SMILES string of the molecule is CC1CCN(C(=O)CN2CN(c3ccccc3)C3(CCN(C(=O)c4cccc(C(F)(F)F)c4)CC3)C2=O)CC1. The van der Waals surface area contributed by atoms with Crippen LogP contribution in [0.2, 0.25) is 0 Å². The lowest BCUT2D eigenvalue weighted by Crippen LogP contribution is -2.57. The number of rotatable bonds is 4. The van der Waals surface area contributed by atoms with E-state index in [0.29, 0.717) is 31.8 Å². The summed E-state index contributed by atoms with van der Waals surface area (Å²) in [6.07, 6.45) is -2.00. The summed E-state index contributed by atoms with van der Waals surface area (Å²) in [5.41, 5.74) is -0.971. The maximum absolute atomic E-state index is 13.9. The van der Waals surface area contributed by atoms with Crippen molar-refractivity contribution in [3.63, 3.8) is 0 Å². The smallest absolute Gasteiger partial charge is 0.341 e. The minimum atomic E-state index is -4.54. The predicted molar refractivity (Wildman–Crippen MR) is 140 cm³/mol. The van der Waals surface area contributed by atoms with Crippen LogP contribution in [0.3, 0.4) is 0 Å². The van der Waals surface area contributed by atoms with Crippen LogP contribution in [0.25, 0.3) is 0 Å². The average molecular weight is 543 g/mol. The molecule has 39 heavy (non-hydrogen) atoms. The van der Waals surface area contributed by atoms with E-state index >= 15 is 0 Å². The molecule has 5 rings (SSSR count). The number of para-hydroxylation sites is 1. The lowest BCUT2D eigenvalue weighted by molar-refractivity contribution is -0.141. The number of nitrogens with zero attached hydrogens (tertiary/aromatic N) is 4. The third-order valence-electron chi connectivity index (χ3n) is 8.36. The third-order valence-corrected chi connectivity index (χ3v) is 8.36. The van der Waals surface area contributed by atoms with E-state index < -0.39 is 23.2 Å². The Kier molecular flexibility index (Phi) is 7.31. The molecule has 3 aliphatic heterocycles. The van der Waals surface area contributed by atoms with Gasteiger partial charge in [0.2, 0.25) is 5.91 Å². The van der Waals surface area contributed by atoms with Gasteiger partial charge in [0.1, 0.15) is 12.1 Å². The van der Waals surface area contributed by atoms with E-state index in [4.69, 9.17) is 0 Å². The zero-order valence-electron chi connectivity index (χ0n) is 22.0.